The molecule has 0 radical (unpaired) electrons. The molecule has 0 saturated carbocycles. The molecule has 0 saturated heterocycles. The molecule has 3 aromatic heterocycles. The number of para-hydroxylation sites is 2. The molecule has 1 N–H and O–H groups in total. The third kappa shape index (κ3) is 3.40. The first-order chi connectivity index (χ1) is 14.8. The van der Waals surface area contributed by atoms with Crippen molar-refractivity contribution in [3.63, 3.8) is 0 Å². The summed E-state index contributed by atoms with van der Waals surface area (Å²) in [7, 11) is 0. The van der Waals surface area contributed by atoms with Gasteiger partial charge in [0.05, 0.1) is 16.8 Å². The van der Waals surface area contributed by atoms with E-state index in [2.05, 4.69) is 25.4 Å². The molecule has 7 nitrogen and oxygen atoms in total. The van der Waals surface area contributed by atoms with E-state index in [1.807, 2.05) is 54.6 Å². The van der Waals surface area contributed by atoms with Crippen LogP contribution in [-0.2, 0) is 0 Å². The van der Waals surface area contributed by atoms with Crippen molar-refractivity contribution in [3.05, 3.63) is 90.8 Å². The number of anilines is 1. The number of rotatable bonds is 4. The number of amides is 1. The van der Waals surface area contributed by atoms with Crippen LogP contribution in [-0.4, -0.2) is 26.0 Å². The molecule has 1 amide bonds. The molecule has 0 aliphatic carbocycles. The second-order valence-electron chi connectivity index (χ2n) is 6.53. The summed E-state index contributed by atoms with van der Waals surface area (Å²) in [6.07, 6.45) is 1.66. The van der Waals surface area contributed by atoms with Gasteiger partial charge in [0, 0.05) is 11.6 Å². The lowest BCUT2D eigenvalue weighted by Crippen LogP contribution is -2.14. The van der Waals surface area contributed by atoms with E-state index < -0.39 is 0 Å². The van der Waals surface area contributed by atoms with Crippen molar-refractivity contribution < 1.29 is 9.32 Å². The molecule has 30 heavy (non-hydrogen) atoms. The van der Waals surface area contributed by atoms with E-state index in [0.29, 0.717) is 28.5 Å². The summed E-state index contributed by atoms with van der Waals surface area (Å²) in [6.45, 7) is 0. The van der Waals surface area contributed by atoms with Crippen LogP contribution in [0.1, 0.15) is 10.5 Å². The first kappa shape index (κ1) is 17.7. The molecule has 0 aliphatic heterocycles. The first-order valence-electron chi connectivity index (χ1n) is 9.29. The van der Waals surface area contributed by atoms with E-state index in [0.717, 1.165) is 10.9 Å². The molecule has 0 bridgehead atoms. The molecule has 5 aromatic rings. The van der Waals surface area contributed by atoms with E-state index in [9.17, 15) is 4.79 Å². The summed E-state index contributed by atoms with van der Waals surface area (Å²) in [6, 6.07) is 23.9. The largest absolute Gasteiger partial charge is 0.333 e. The lowest BCUT2D eigenvalue weighted by atomic mass is 10.1. The Hall–Kier alpha value is -4.39. The fourth-order valence-electron chi connectivity index (χ4n) is 3.09. The minimum Gasteiger partial charge on any atom is -0.333 e. The summed E-state index contributed by atoms with van der Waals surface area (Å²) < 4.78 is 5.42. The third-order valence-electron chi connectivity index (χ3n) is 4.56. The number of benzene rings is 2. The first-order valence-corrected chi connectivity index (χ1v) is 9.29. The number of pyridine rings is 2. The predicted octanol–water partition coefficient (Wildman–Crippen LogP) is 4.60. The van der Waals surface area contributed by atoms with Gasteiger partial charge in [0.2, 0.25) is 5.82 Å². The van der Waals surface area contributed by atoms with Crippen molar-refractivity contribution in [2.75, 3.05) is 5.32 Å². The molecule has 0 unspecified atom stereocenters. The SMILES string of the molecule is O=C(Nc1ccccc1-c1nc(-c2ccccn2)no1)c1ccc2ccccc2n1. The molecule has 144 valence electrons. The van der Waals surface area contributed by atoms with Crippen molar-refractivity contribution in [1.82, 2.24) is 20.1 Å². The van der Waals surface area contributed by atoms with Gasteiger partial charge in [-0.15, -0.1) is 0 Å². The van der Waals surface area contributed by atoms with E-state index >= 15 is 0 Å². The van der Waals surface area contributed by atoms with Gasteiger partial charge in [0.25, 0.3) is 11.8 Å². The number of hydrogen-bond acceptors (Lipinski definition) is 6. The van der Waals surface area contributed by atoms with Gasteiger partial charge in [-0.25, -0.2) is 4.98 Å². The summed E-state index contributed by atoms with van der Waals surface area (Å²) in [5.74, 6) is 0.346. The number of hydrogen-bond donors (Lipinski definition) is 1. The minimum atomic E-state index is -0.322. The minimum absolute atomic E-state index is 0.290. The zero-order valence-electron chi connectivity index (χ0n) is 15.7. The number of carbonyl (C=O) groups is 1. The summed E-state index contributed by atoms with van der Waals surface area (Å²) in [4.78, 5) is 25.9. The average Bonchev–Trinajstić information content (AvgIpc) is 3.30. The van der Waals surface area contributed by atoms with Gasteiger partial charge in [-0.3, -0.25) is 9.78 Å². The lowest BCUT2D eigenvalue weighted by Gasteiger charge is -2.08. The maximum Gasteiger partial charge on any atom is 0.274 e. The Kier molecular flexibility index (Phi) is 4.46. The Balaban J connectivity index is 1.45. The van der Waals surface area contributed by atoms with Crippen LogP contribution in [0.5, 0.6) is 0 Å². The number of carbonyl (C=O) groups excluding carboxylic acids is 1. The molecule has 0 spiro atoms. The summed E-state index contributed by atoms with van der Waals surface area (Å²) >= 11 is 0. The highest BCUT2D eigenvalue weighted by molar-refractivity contribution is 6.05. The average molecular weight is 393 g/mol. The monoisotopic (exact) mass is 393 g/mol. The van der Waals surface area contributed by atoms with Crippen molar-refractivity contribution in [2.24, 2.45) is 0 Å². The second kappa shape index (κ2) is 7.56. The van der Waals surface area contributed by atoms with Gasteiger partial charge >= 0.3 is 0 Å². The maximum absolute atomic E-state index is 12.8. The molecule has 0 fully saturated rings. The number of nitrogens with zero attached hydrogens (tertiary/aromatic N) is 4. The lowest BCUT2D eigenvalue weighted by molar-refractivity contribution is 0.102. The van der Waals surface area contributed by atoms with Gasteiger partial charge < -0.3 is 9.84 Å². The Morgan fingerprint density at radius 1 is 0.833 bits per heavy atom. The van der Waals surface area contributed by atoms with Crippen LogP contribution in [0.15, 0.2) is 89.6 Å². The van der Waals surface area contributed by atoms with Crippen LogP contribution in [0.4, 0.5) is 5.69 Å². The van der Waals surface area contributed by atoms with E-state index in [-0.39, 0.29) is 11.8 Å². The van der Waals surface area contributed by atoms with E-state index in [4.69, 9.17) is 4.52 Å². The van der Waals surface area contributed by atoms with Crippen LogP contribution < -0.4 is 5.32 Å². The fourth-order valence-corrected chi connectivity index (χ4v) is 3.09. The highest BCUT2D eigenvalue weighted by atomic mass is 16.5. The van der Waals surface area contributed by atoms with Crippen LogP contribution in [0.25, 0.3) is 33.9 Å². The van der Waals surface area contributed by atoms with Gasteiger partial charge in [-0.1, -0.05) is 47.6 Å². The normalized spacial score (nSPS) is 10.8. The highest BCUT2D eigenvalue weighted by Gasteiger charge is 2.17. The van der Waals surface area contributed by atoms with Crippen molar-refractivity contribution in [3.8, 4) is 23.0 Å². The van der Waals surface area contributed by atoms with Crippen molar-refractivity contribution >= 4 is 22.5 Å². The van der Waals surface area contributed by atoms with Crippen LogP contribution >= 0.6 is 0 Å². The highest BCUT2D eigenvalue weighted by Crippen LogP contribution is 2.28. The molecular formula is C23H15N5O2. The zero-order valence-corrected chi connectivity index (χ0v) is 15.7. The van der Waals surface area contributed by atoms with Crippen molar-refractivity contribution in [2.45, 2.75) is 0 Å². The van der Waals surface area contributed by atoms with Crippen LogP contribution in [0, 0.1) is 0 Å². The van der Waals surface area contributed by atoms with E-state index in [1.54, 1.807) is 30.5 Å². The third-order valence-corrected chi connectivity index (χ3v) is 4.56. The number of fused-ring (bicyclic) bond motifs is 1. The molecule has 3 heterocycles. The van der Waals surface area contributed by atoms with Gasteiger partial charge in [0.15, 0.2) is 0 Å². The van der Waals surface area contributed by atoms with Gasteiger partial charge in [-0.2, -0.15) is 4.98 Å². The molecular weight excluding hydrogens is 378 g/mol. The standard InChI is InChI=1S/C23H15N5O2/c29-22(20-13-12-15-7-1-3-9-17(15)25-20)26-18-10-4-2-8-16(18)23-27-21(28-30-23)19-11-5-6-14-24-19/h1-14H,(H,26,29). The van der Waals surface area contributed by atoms with E-state index in [1.165, 1.54) is 0 Å². The zero-order chi connectivity index (χ0) is 20.3. The predicted molar refractivity (Wildman–Crippen MR) is 113 cm³/mol. The quantitative estimate of drug-likeness (QED) is 0.480. The Labute approximate surface area is 171 Å². The molecule has 5 rings (SSSR count). The Morgan fingerprint density at radius 2 is 1.67 bits per heavy atom. The van der Waals surface area contributed by atoms with Gasteiger partial charge in [0.1, 0.15) is 11.4 Å². The molecule has 7 heteroatoms. The van der Waals surface area contributed by atoms with Crippen LogP contribution in [0.2, 0.25) is 0 Å². The maximum atomic E-state index is 12.8. The Bertz CT molecular complexity index is 1350. The number of nitrogens with one attached hydrogen (secondary N) is 1. The molecule has 2 aromatic carbocycles. The number of aromatic nitrogens is 4. The van der Waals surface area contributed by atoms with Crippen molar-refractivity contribution in [1.29, 1.82) is 0 Å². The van der Waals surface area contributed by atoms with Gasteiger partial charge in [-0.05, 0) is 36.4 Å². The molecule has 0 atom stereocenters. The molecule has 0 aliphatic rings. The summed E-state index contributed by atoms with van der Waals surface area (Å²) in [5.41, 5.74) is 2.85. The smallest absolute Gasteiger partial charge is 0.274 e. The van der Waals surface area contributed by atoms with Crippen LogP contribution in [0.3, 0.4) is 0 Å². The Morgan fingerprint density at radius 3 is 2.57 bits per heavy atom. The topological polar surface area (TPSA) is 93.8 Å². The fraction of sp³-hybridized carbons (Fsp3) is 0. The second-order valence-corrected chi connectivity index (χ2v) is 6.53. The summed E-state index contributed by atoms with van der Waals surface area (Å²) in [5, 5.41) is 7.87.